The van der Waals surface area contributed by atoms with Gasteiger partial charge in [0.1, 0.15) is 5.84 Å². The first-order valence-corrected chi connectivity index (χ1v) is 6.96. The normalized spacial score (nSPS) is 23.4. The van der Waals surface area contributed by atoms with E-state index in [-0.39, 0.29) is 11.9 Å². The Morgan fingerprint density at radius 3 is 2.60 bits per heavy atom. The molecule has 2 unspecified atom stereocenters. The van der Waals surface area contributed by atoms with E-state index in [9.17, 15) is 5.11 Å². The number of nitrogens with one attached hydrogen (secondary N) is 1. The van der Waals surface area contributed by atoms with Gasteiger partial charge in [-0.2, -0.15) is 0 Å². The number of amidine groups is 1. The zero-order chi connectivity index (χ0) is 14.7. The highest BCUT2D eigenvalue weighted by Crippen LogP contribution is 2.21. The standard InChI is InChI=1S/C15H24N4O/c1-18(2)9-13-7-14(20)10-19(13)8-11-3-5-12(6-4-11)15(16)17/h3-6,13-14,20H,7-10H2,1-2H3,(H3,16,17). The molecule has 0 bridgehead atoms. The fourth-order valence-electron chi connectivity index (χ4n) is 2.79. The maximum Gasteiger partial charge on any atom is 0.122 e. The average molecular weight is 276 g/mol. The molecule has 1 saturated heterocycles. The minimum atomic E-state index is -0.226. The van der Waals surface area contributed by atoms with Crippen molar-refractivity contribution >= 4 is 5.84 Å². The van der Waals surface area contributed by atoms with Crippen LogP contribution in [0.2, 0.25) is 0 Å². The number of benzene rings is 1. The second-order valence-corrected chi connectivity index (χ2v) is 5.85. The summed E-state index contributed by atoms with van der Waals surface area (Å²) in [6.45, 7) is 2.52. The summed E-state index contributed by atoms with van der Waals surface area (Å²) < 4.78 is 0. The van der Waals surface area contributed by atoms with E-state index in [0.717, 1.165) is 31.6 Å². The molecule has 20 heavy (non-hydrogen) atoms. The number of hydrogen-bond donors (Lipinski definition) is 3. The summed E-state index contributed by atoms with van der Waals surface area (Å²) in [6.07, 6.45) is 0.611. The highest BCUT2D eigenvalue weighted by Gasteiger charge is 2.30. The summed E-state index contributed by atoms with van der Waals surface area (Å²) in [5.74, 6) is 0.0960. The lowest BCUT2D eigenvalue weighted by Gasteiger charge is -2.26. The van der Waals surface area contributed by atoms with Crippen LogP contribution in [0.1, 0.15) is 17.5 Å². The molecule has 110 valence electrons. The molecule has 5 nitrogen and oxygen atoms in total. The van der Waals surface area contributed by atoms with Crippen LogP contribution in [0.25, 0.3) is 0 Å². The molecular formula is C15H24N4O. The Labute approximate surface area is 120 Å². The van der Waals surface area contributed by atoms with E-state index < -0.39 is 0 Å². The molecule has 0 aliphatic carbocycles. The summed E-state index contributed by atoms with van der Waals surface area (Å²) in [5.41, 5.74) is 7.39. The van der Waals surface area contributed by atoms with Gasteiger partial charge in [-0.15, -0.1) is 0 Å². The van der Waals surface area contributed by atoms with Gasteiger partial charge in [0.2, 0.25) is 0 Å². The van der Waals surface area contributed by atoms with Gasteiger partial charge in [-0.3, -0.25) is 10.3 Å². The summed E-state index contributed by atoms with van der Waals surface area (Å²) in [5, 5.41) is 17.3. The van der Waals surface area contributed by atoms with Crippen molar-refractivity contribution in [2.24, 2.45) is 5.73 Å². The molecule has 1 aromatic carbocycles. The van der Waals surface area contributed by atoms with E-state index >= 15 is 0 Å². The summed E-state index contributed by atoms with van der Waals surface area (Å²) >= 11 is 0. The van der Waals surface area contributed by atoms with Crippen LogP contribution in [0.5, 0.6) is 0 Å². The lowest BCUT2D eigenvalue weighted by molar-refractivity contribution is 0.169. The number of nitrogen functional groups attached to an aromatic ring is 1. The van der Waals surface area contributed by atoms with Gasteiger partial charge in [0.15, 0.2) is 0 Å². The van der Waals surface area contributed by atoms with E-state index in [4.69, 9.17) is 11.1 Å². The summed E-state index contributed by atoms with van der Waals surface area (Å²) in [7, 11) is 4.12. The Morgan fingerprint density at radius 1 is 1.40 bits per heavy atom. The number of β-amino-alcohol motifs (C(OH)–C–C–N with tert-alkyl or cyclic N) is 1. The van der Waals surface area contributed by atoms with Gasteiger partial charge in [-0.1, -0.05) is 24.3 Å². The molecule has 1 aliphatic heterocycles. The van der Waals surface area contributed by atoms with Crippen LogP contribution in [-0.2, 0) is 6.54 Å². The highest BCUT2D eigenvalue weighted by molar-refractivity contribution is 5.94. The second kappa shape index (κ2) is 6.35. The van der Waals surface area contributed by atoms with Crippen molar-refractivity contribution in [1.82, 2.24) is 9.80 Å². The van der Waals surface area contributed by atoms with Gasteiger partial charge >= 0.3 is 0 Å². The number of likely N-dealkylation sites (tertiary alicyclic amines) is 1. The largest absolute Gasteiger partial charge is 0.392 e. The Morgan fingerprint density at radius 2 is 2.05 bits per heavy atom. The quantitative estimate of drug-likeness (QED) is 0.540. The van der Waals surface area contributed by atoms with Crippen molar-refractivity contribution in [3.05, 3.63) is 35.4 Å². The predicted molar refractivity (Wildman–Crippen MR) is 80.8 cm³/mol. The molecule has 2 atom stereocenters. The first-order valence-electron chi connectivity index (χ1n) is 6.96. The molecule has 1 aromatic rings. The predicted octanol–water partition coefficient (Wildman–Crippen LogP) is 0.467. The Bertz CT molecular complexity index is 457. The molecule has 0 saturated carbocycles. The van der Waals surface area contributed by atoms with Gasteiger partial charge in [0.05, 0.1) is 6.10 Å². The van der Waals surface area contributed by atoms with Crippen molar-refractivity contribution in [3.8, 4) is 0 Å². The molecule has 1 heterocycles. The summed E-state index contributed by atoms with van der Waals surface area (Å²) in [4.78, 5) is 4.49. The van der Waals surface area contributed by atoms with Crippen molar-refractivity contribution < 1.29 is 5.11 Å². The zero-order valence-electron chi connectivity index (χ0n) is 12.2. The highest BCUT2D eigenvalue weighted by atomic mass is 16.3. The number of aliphatic hydroxyl groups is 1. The van der Waals surface area contributed by atoms with Gasteiger partial charge in [0.25, 0.3) is 0 Å². The number of hydrogen-bond acceptors (Lipinski definition) is 4. The fourth-order valence-corrected chi connectivity index (χ4v) is 2.79. The van der Waals surface area contributed by atoms with Crippen molar-refractivity contribution in [3.63, 3.8) is 0 Å². The second-order valence-electron chi connectivity index (χ2n) is 5.85. The first kappa shape index (κ1) is 15.0. The maximum atomic E-state index is 9.87. The molecule has 0 amide bonds. The minimum absolute atomic E-state index is 0.0960. The van der Waals surface area contributed by atoms with E-state index in [0.29, 0.717) is 6.04 Å². The summed E-state index contributed by atoms with van der Waals surface area (Å²) in [6, 6.07) is 8.17. The lowest BCUT2D eigenvalue weighted by Crippen LogP contribution is -2.37. The van der Waals surface area contributed by atoms with Crippen LogP contribution in [0.4, 0.5) is 0 Å². The lowest BCUT2D eigenvalue weighted by atomic mass is 10.1. The Balaban J connectivity index is 2.02. The molecule has 1 aliphatic rings. The third kappa shape index (κ3) is 3.79. The third-order valence-corrected chi connectivity index (χ3v) is 3.73. The van der Waals surface area contributed by atoms with Crippen molar-refractivity contribution in [1.29, 1.82) is 5.41 Å². The number of aliphatic hydroxyl groups excluding tert-OH is 1. The van der Waals surface area contributed by atoms with Gasteiger partial charge in [-0.05, 0) is 26.1 Å². The van der Waals surface area contributed by atoms with Gasteiger partial charge in [-0.25, -0.2) is 0 Å². The molecule has 0 radical (unpaired) electrons. The fraction of sp³-hybridized carbons (Fsp3) is 0.533. The molecule has 1 fully saturated rings. The number of rotatable bonds is 5. The van der Waals surface area contributed by atoms with Crippen LogP contribution in [-0.4, -0.2) is 60.1 Å². The Hall–Kier alpha value is -1.43. The minimum Gasteiger partial charge on any atom is -0.392 e. The monoisotopic (exact) mass is 276 g/mol. The topological polar surface area (TPSA) is 76.6 Å². The number of nitrogens with zero attached hydrogens (tertiary/aromatic N) is 2. The number of likely N-dealkylation sites (N-methyl/N-ethyl adjacent to an activating group) is 1. The van der Waals surface area contributed by atoms with E-state index in [1.54, 1.807) is 0 Å². The van der Waals surface area contributed by atoms with E-state index in [1.165, 1.54) is 5.56 Å². The maximum absolute atomic E-state index is 9.87. The molecular weight excluding hydrogens is 252 g/mol. The zero-order valence-corrected chi connectivity index (χ0v) is 12.2. The van der Waals surface area contributed by atoms with Crippen LogP contribution in [0.3, 0.4) is 0 Å². The van der Waals surface area contributed by atoms with Crippen molar-refractivity contribution in [2.45, 2.75) is 25.1 Å². The molecule has 0 aromatic heterocycles. The SMILES string of the molecule is CN(C)CC1CC(O)CN1Cc1ccc(C(=N)N)cc1. The van der Waals surface area contributed by atoms with E-state index in [2.05, 4.69) is 23.9 Å². The van der Waals surface area contributed by atoms with Gasteiger partial charge in [0, 0.05) is 31.2 Å². The van der Waals surface area contributed by atoms with E-state index in [1.807, 2.05) is 24.3 Å². The van der Waals surface area contributed by atoms with Crippen LogP contribution in [0, 0.1) is 5.41 Å². The number of nitrogens with two attached hydrogens (primary N) is 1. The van der Waals surface area contributed by atoms with Gasteiger partial charge < -0.3 is 15.7 Å². The molecule has 0 spiro atoms. The average Bonchev–Trinajstić information content (AvgIpc) is 2.69. The van der Waals surface area contributed by atoms with Crippen LogP contribution >= 0.6 is 0 Å². The molecule has 2 rings (SSSR count). The third-order valence-electron chi connectivity index (χ3n) is 3.73. The first-order chi connectivity index (χ1) is 9.45. The van der Waals surface area contributed by atoms with Crippen molar-refractivity contribution in [2.75, 3.05) is 27.2 Å². The Kier molecular flexibility index (Phi) is 4.75. The van der Waals surface area contributed by atoms with Crippen LogP contribution in [0.15, 0.2) is 24.3 Å². The van der Waals surface area contributed by atoms with Crippen LogP contribution < -0.4 is 5.73 Å². The molecule has 5 heteroatoms. The smallest absolute Gasteiger partial charge is 0.122 e. The molecule has 4 N–H and O–H groups in total.